The van der Waals surface area contributed by atoms with Gasteiger partial charge in [-0.3, -0.25) is 0 Å². The van der Waals surface area contributed by atoms with E-state index in [0.717, 1.165) is 22.5 Å². The topological polar surface area (TPSA) is 104 Å². The van der Waals surface area contributed by atoms with Crippen LogP contribution in [0, 0.1) is 0 Å². The normalized spacial score (nSPS) is 9.00. The van der Waals surface area contributed by atoms with E-state index < -0.39 is 0 Å². The van der Waals surface area contributed by atoms with Crippen molar-refractivity contribution < 1.29 is 14.9 Å². The van der Waals surface area contributed by atoms with Crippen LogP contribution < -0.4 is 21.1 Å². The third-order valence-corrected chi connectivity index (χ3v) is 2.15. The van der Waals surface area contributed by atoms with Crippen LogP contribution in [0.1, 0.15) is 0 Å². The number of hydrogen-bond acceptors (Lipinski definition) is 4. The molecule has 4 nitrogen and oxygen atoms in total. The summed E-state index contributed by atoms with van der Waals surface area (Å²) in [6.07, 6.45) is 0. The van der Waals surface area contributed by atoms with Crippen LogP contribution in [0.3, 0.4) is 0 Å². The zero-order valence-electron chi connectivity index (χ0n) is 9.65. The van der Waals surface area contributed by atoms with Gasteiger partial charge < -0.3 is 11.5 Å². The van der Waals surface area contributed by atoms with E-state index in [9.17, 15) is 0 Å². The van der Waals surface area contributed by atoms with Gasteiger partial charge in [-0.1, -0.05) is 24.3 Å². The molecule has 0 radical (unpaired) electrons. The molecule has 0 spiro atoms. The van der Waals surface area contributed by atoms with E-state index in [0.29, 0.717) is 14.9 Å². The number of nitrogens with two attached hydrogens (primary N) is 4. The summed E-state index contributed by atoms with van der Waals surface area (Å²) < 4.78 is 0. The average Bonchev–Trinajstić information content (AvgIpc) is 2.32. The van der Waals surface area contributed by atoms with E-state index in [1.807, 2.05) is 48.5 Å². The molecule has 2 aromatic carbocycles. The molecule has 0 aliphatic carbocycles. The van der Waals surface area contributed by atoms with Crippen molar-refractivity contribution in [2.75, 3.05) is 11.5 Å². The molecule has 6 heteroatoms. The first kappa shape index (κ1) is 16.7. The Bertz CT molecular complexity index is 401. The molecule has 102 valence electrons. The minimum atomic E-state index is 0. The Balaban J connectivity index is 0.000000660. The van der Waals surface area contributed by atoms with Crippen molar-refractivity contribution in [2.45, 2.75) is 0 Å². The fourth-order valence-corrected chi connectivity index (χ4v) is 1.35. The average molecular weight is 311 g/mol. The van der Waals surface area contributed by atoms with Gasteiger partial charge in [0.1, 0.15) is 0 Å². The Hall–Kier alpha value is -1.26. The van der Waals surface area contributed by atoms with Gasteiger partial charge in [-0.2, -0.15) is 0 Å². The van der Waals surface area contributed by atoms with Crippen LogP contribution in [-0.2, 0) is 14.9 Å². The predicted octanol–water partition coefficient (Wildman–Crippen LogP) is 1.76. The molecule has 0 amide bonds. The van der Waals surface area contributed by atoms with Crippen LogP contribution >= 0.6 is 12.4 Å². The Labute approximate surface area is 119 Å². The van der Waals surface area contributed by atoms with Crippen molar-refractivity contribution in [3.05, 3.63) is 48.5 Å². The summed E-state index contributed by atoms with van der Waals surface area (Å²) in [5.41, 5.74) is 15.1. The van der Waals surface area contributed by atoms with Crippen molar-refractivity contribution in [2.24, 2.45) is 9.63 Å². The summed E-state index contributed by atoms with van der Waals surface area (Å²) in [7, 11) is 0. The fraction of sp³-hybridized carbons (Fsp3) is 0. The van der Waals surface area contributed by atoms with E-state index in [1.165, 1.54) is 0 Å². The van der Waals surface area contributed by atoms with E-state index in [-0.39, 0.29) is 12.4 Å². The maximum absolute atomic E-state index is 5.61. The van der Waals surface area contributed by atoms with Crippen molar-refractivity contribution in [3.8, 4) is 11.1 Å². The zero-order chi connectivity index (χ0) is 12.7. The molecule has 0 unspecified atom stereocenters. The standard InChI is InChI=1S/C12H12N2.ClH.2H2N.Ni/c13-11-5-1-9(2-6-11)10-3-7-12(14)8-4-10;;;;/h1-8H,13-14H2;1H;2*1H2;/q;;2*-1;+2. The van der Waals surface area contributed by atoms with Gasteiger partial charge in [-0.05, 0) is 35.4 Å². The summed E-state index contributed by atoms with van der Waals surface area (Å²) in [6.45, 7) is 0. The number of anilines is 2. The van der Waals surface area contributed by atoms with Gasteiger partial charge in [0.2, 0.25) is 0 Å². The molecular formula is C12H17ClN4Ni. The summed E-state index contributed by atoms with van der Waals surface area (Å²) in [6, 6.07) is 15.6. The van der Waals surface area contributed by atoms with Gasteiger partial charge in [-0.25, -0.2) is 0 Å². The quantitative estimate of drug-likeness (QED) is 0.476. The van der Waals surface area contributed by atoms with Crippen molar-refractivity contribution in [3.63, 3.8) is 0 Å². The Morgan fingerprint density at radius 2 is 0.833 bits per heavy atom. The second-order valence-corrected chi connectivity index (χ2v) is 3.68. The number of rotatable bonds is 1. The molecule has 2 rings (SSSR count). The van der Waals surface area contributed by atoms with Gasteiger partial charge in [0.25, 0.3) is 0 Å². The van der Waals surface area contributed by atoms with Crippen LogP contribution in [-0.4, -0.2) is 0 Å². The van der Waals surface area contributed by atoms with Gasteiger partial charge in [0.05, 0.1) is 0 Å². The molecule has 0 bridgehead atoms. The van der Waals surface area contributed by atoms with Gasteiger partial charge >= 0.3 is 24.5 Å². The summed E-state index contributed by atoms with van der Waals surface area (Å²) >= 11 is 0.625. The number of nitrogen functional groups attached to an aromatic ring is 2. The molecule has 0 atom stereocenters. The molecule has 8 N–H and O–H groups in total. The second-order valence-electron chi connectivity index (χ2n) is 3.35. The molecule has 0 fully saturated rings. The van der Waals surface area contributed by atoms with Crippen LogP contribution in [0.2, 0.25) is 0 Å². The van der Waals surface area contributed by atoms with E-state index >= 15 is 0 Å². The van der Waals surface area contributed by atoms with Gasteiger partial charge in [0.15, 0.2) is 0 Å². The molecule has 0 saturated carbocycles. The van der Waals surface area contributed by atoms with Gasteiger partial charge in [0, 0.05) is 11.4 Å². The van der Waals surface area contributed by atoms with Crippen molar-refractivity contribution >= 4 is 23.8 Å². The zero-order valence-corrected chi connectivity index (χ0v) is 11.5. The van der Waals surface area contributed by atoms with Crippen molar-refractivity contribution in [1.82, 2.24) is 0 Å². The summed E-state index contributed by atoms with van der Waals surface area (Å²) in [5, 5.41) is 0. The van der Waals surface area contributed by atoms with E-state index in [1.54, 1.807) is 0 Å². The van der Waals surface area contributed by atoms with Crippen LogP contribution in [0.4, 0.5) is 11.4 Å². The molecule has 0 aromatic heterocycles. The first-order valence-electron chi connectivity index (χ1n) is 4.84. The first-order chi connectivity index (χ1) is 8.17. The Morgan fingerprint density at radius 1 is 0.611 bits per heavy atom. The fourth-order valence-electron chi connectivity index (χ4n) is 1.35. The number of halogens is 1. The number of hydrogen-bond donors (Lipinski definition) is 4. The number of benzene rings is 2. The summed E-state index contributed by atoms with van der Waals surface area (Å²) in [4.78, 5) is 9.12. The van der Waals surface area contributed by atoms with Crippen LogP contribution in [0.5, 0.6) is 0 Å². The summed E-state index contributed by atoms with van der Waals surface area (Å²) in [5.74, 6) is 0. The first-order valence-corrected chi connectivity index (χ1v) is 5.98. The second kappa shape index (κ2) is 8.78. The third-order valence-electron chi connectivity index (χ3n) is 2.15. The monoisotopic (exact) mass is 310 g/mol. The Kier molecular flexibility index (Phi) is 8.17. The van der Waals surface area contributed by atoms with Crippen LogP contribution in [0.15, 0.2) is 48.5 Å². The molecule has 0 aliphatic rings. The molecular weight excluding hydrogens is 294 g/mol. The molecule has 0 heterocycles. The molecule has 0 aliphatic heterocycles. The van der Waals surface area contributed by atoms with Gasteiger partial charge in [-0.15, -0.1) is 12.4 Å². The maximum atomic E-state index is 5.61. The van der Waals surface area contributed by atoms with Crippen molar-refractivity contribution in [1.29, 1.82) is 0 Å². The van der Waals surface area contributed by atoms with Crippen LogP contribution in [0.25, 0.3) is 11.1 Å². The predicted molar refractivity (Wildman–Crippen MR) is 76.3 cm³/mol. The Morgan fingerprint density at radius 3 is 1.06 bits per heavy atom. The molecule has 2 aromatic rings. The third kappa shape index (κ3) is 5.38. The SMILES string of the molecule is Cl.Nc1ccc(-c2ccc(N)cc2)cc1.[NH2][Ni][NH2]. The molecule has 0 saturated heterocycles. The van der Waals surface area contributed by atoms with E-state index in [2.05, 4.69) is 9.63 Å². The molecule has 18 heavy (non-hydrogen) atoms. The van der Waals surface area contributed by atoms with E-state index in [4.69, 9.17) is 11.5 Å². The minimum absolute atomic E-state index is 0.